The summed E-state index contributed by atoms with van der Waals surface area (Å²) in [5.41, 5.74) is 1.65. The van der Waals surface area contributed by atoms with Crippen LogP contribution in [-0.4, -0.2) is 16.4 Å². The van der Waals surface area contributed by atoms with E-state index in [1.807, 2.05) is 20.8 Å². The first-order valence-electron chi connectivity index (χ1n) is 5.71. The van der Waals surface area contributed by atoms with Gasteiger partial charge in [-0.1, -0.05) is 26.8 Å². The highest BCUT2D eigenvalue weighted by molar-refractivity contribution is 5.83. The van der Waals surface area contributed by atoms with Gasteiger partial charge in [-0.05, 0) is 17.7 Å². The highest BCUT2D eigenvalue weighted by Crippen LogP contribution is 2.30. The SMILES string of the molecule is CC(C)(C)c1[nH]nc2ccc(CC(F)(F)F)cc12. The Morgan fingerprint density at radius 2 is 1.83 bits per heavy atom. The number of hydrogen-bond acceptors (Lipinski definition) is 1. The molecular formula is C13H15F3N2. The maximum Gasteiger partial charge on any atom is 0.393 e. The Kier molecular flexibility index (Phi) is 2.87. The molecule has 5 heteroatoms. The summed E-state index contributed by atoms with van der Waals surface area (Å²) < 4.78 is 37.1. The second-order valence-electron chi connectivity index (χ2n) is 5.49. The van der Waals surface area contributed by atoms with Crippen LogP contribution in [0.2, 0.25) is 0 Å². The molecule has 0 aliphatic carbocycles. The molecule has 0 bridgehead atoms. The summed E-state index contributed by atoms with van der Waals surface area (Å²) in [7, 11) is 0. The number of fused-ring (bicyclic) bond motifs is 1. The lowest BCUT2D eigenvalue weighted by atomic mass is 9.89. The fourth-order valence-corrected chi connectivity index (χ4v) is 1.97. The summed E-state index contributed by atoms with van der Waals surface area (Å²) in [6.07, 6.45) is -5.09. The number of aromatic nitrogens is 2. The average Bonchev–Trinajstić information content (AvgIpc) is 2.56. The van der Waals surface area contributed by atoms with Gasteiger partial charge in [0.2, 0.25) is 0 Å². The van der Waals surface area contributed by atoms with Crippen molar-refractivity contribution in [2.75, 3.05) is 0 Å². The Bertz CT molecular complexity index is 562. The van der Waals surface area contributed by atoms with Gasteiger partial charge in [0.05, 0.1) is 11.9 Å². The van der Waals surface area contributed by atoms with E-state index in [4.69, 9.17) is 0 Å². The number of hydrogen-bond donors (Lipinski definition) is 1. The molecular weight excluding hydrogens is 241 g/mol. The number of rotatable bonds is 1. The van der Waals surface area contributed by atoms with E-state index in [-0.39, 0.29) is 11.0 Å². The molecule has 0 aliphatic rings. The van der Waals surface area contributed by atoms with E-state index in [1.54, 1.807) is 12.1 Å². The van der Waals surface area contributed by atoms with Crippen LogP contribution in [0.5, 0.6) is 0 Å². The molecule has 0 unspecified atom stereocenters. The largest absolute Gasteiger partial charge is 0.393 e. The van der Waals surface area contributed by atoms with Crippen LogP contribution in [0.1, 0.15) is 32.0 Å². The molecule has 0 atom stereocenters. The quantitative estimate of drug-likeness (QED) is 0.821. The van der Waals surface area contributed by atoms with Crippen LogP contribution >= 0.6 is 0 Å². The molecule has 0 amide bonds. The summed E-state index contributed by atoms with van der Waals surface area (Å²) in [5, 5.41) is 7.80. The minimum atomic E-state index is -4.18. The van der Waals surface area contributed by atoms with Crippen LogP contribution in [0.4, 0.5) is 13.2 Å². The highest BCUT2D eigenvalue weighted by atomic mass is 19.4. The van der Waals surface area contributed by atoms with Crippen LogP contribution in [-0.2, 0) is 11.8 Å². The summed E-state index contributed by atoms with van der Waals surface area (Å²) in [4.78, 5) is 0. The summed E-state index contributed by atoms with van der Waals surface area (Å²) in [6, 6.07) is 4.68. The van der Waals surface area contributed by atoms with Crippen molar-refractivity contribution in [3.8, 4) is 0 Å². The Hall–Kier alpha value is -1.52. The summed E-state index contributed by atoms with van der Waals surface area (Å²) >= 11 is 0. The van der Waals surface area contributed by atoms with Crippen molar-refractivity contribution in [1.29, 1.82) is 0 Å². The topological polar surface area (TPSA) is 28.7 Å². The number of nitrogens with zero attached hydrogens (tertiary/aromatic N) is 1. The first kappa shape index (κ1) is 12.9. The molecule has 0 spiro atoms. The van der Waals surface area contributed by atoms with E-state index in [0.717, 1.165) is 11.1 Å². The third kappa shape index (κ3) is 2.66. The van der Waals surface area contributed by atoms with Crippen molar-refractivity contribution in [3.05, 3.63) is 29.5 Å². The van der Waals surface area contributed by atoms with E-state index in [0.29, 0.717) is 5.52 Å². The standard InChI is InChI=1S/C13H15F3N2/c1-12(2,3)11-9-6-8(7-13(14,15)16)4-5-10(9)17-18-11/h4-6H,7H2,1-3H3,(H,17,18). The number of halogens is 3. The molecule has 0 aliphatic heterocycles. The Labute approximate surface area is 103 Å². The van der Waals surface area contributed by atoms with Crippen molar-refractivity contribution >= 4 is 10.9 Å². The van der Waals surface area contributed by atoms with E-state index < -0.39 is 12.6 Å². The van der Waals surface area contributed by atoms with E-state index in [2.05, 4.69) is 10.2 Å². The third-order valence-electron chi connectivity index (χ3n) is 2.77. The zero-order chi connectivity index (χ0) is 13.6. The second kappa shape index (κ2) is 4.00. The van der Waals surface area contributed by atoms with Gasteiger partial charge in [0.25, 0.3) is 0 Å². The van der Waals surface area contributed by atoms with Crippen LogP contribution in [0.25, 0.3) is 10.9 Å². The van der Waals surface area contributed by atoms with Gasteiger partial charge >= 0.3 is 6.18 Å². The third-order valence-corrected chi connectivity index (χ3v) is 2.77. The molecule has 0 saturated heterocycles. The number of H-pyrrole nitrogens is 1. The minimum absolute atomic E-state index is 0.175. The second-order valence-corrected chi connectivity index (χ2v) is 5.49. The summed E-state index contributed by atoms with van der Waals surface area (Å²) in [6.45, 7) is 5.99. The predicted octanol–water partition coefficient (Wildman–Crippen LogP) is 3.97. The van der Waals surface area contributed by atoms with Crippen molar-refractivity contribution in [3.63, 3.8) is 0 Å². The van der Waals surface area contributed by atoms with Gasteiger partial charge in [0, 0.05) is 16.5 Å². The van der Waals surface area contributed by atoms with Gasteiger partial charge < -0.3 is 0 Å². The molecule has 1 N–H and O–H groups in total. The first-order chi connectivity index (χ1) is 8.17. The summed E-state index contributed by atoms with van der Waals surface area (Å²) in [5.74, 6) is 0. The maximum atomic E-state index is 12.4. The molecule has 0 radical (unpaired) electrons. The molecule has 2 aromatic rings. The molecule has 1 heterocycles. The minimum Gasteiger partial charge on any atom is -0.281 e. The van der Waals surface area contributed by atoms with Gasteiger partial charge in [-0.2, -0.15) is 18.3 Å². The van der Waals surface area contributed by atoms with E-state index >= 15 is 0 Å². The smallest absolute Gasteiger partial charge is 0.281 e. The van der Waals surface area contributed by atoms with Crippen LogP contribution in [0, 0.1) is 0 Å². The van der Waals surface area contributed by atoms with Crippen molar-refractivity contribution in [2.45, 2.75) is 38.8 Å². The van der Waals surface area contributed by atoms with Crippen molar-refractivity contribution in [1.82, 2.24) is 10.2 Å². The normalized spacial score (nSPS) is 13.2. The van der Waals surface area contributed by atoms with Crippen LogP contribution < -0.4 is 0 Å². The Balaban J connectivity index is 2.49. The van der Waals surface area contributed by atoms with Crippen LogP contribution in [0.3, 0.4) is 0 Å². The molecule has 18 heavy (non-hydrogen) atoms. The molecule has 1 aromatic heterocycles. The highest BCUT2D eigenvalue weighted by Gasteiger charge is 2.28. The van der Waals surface area contributed by atoms with Crippen LogP contribution in [0.15, 0.2) is 18.2 Å². The lowest BCUT2D eigenvalue weighted by Gasteiger charge is -2.16. The number of alkyl halides is 3. The average molecular weight is 256 g/mol. The monoisotopic (exact) mass is 256 g/mol. The van der Waals surface area contributed by atoms with Crippen molar-refractivity contribution < 1.29 is 13.2 Å². The van der Waals surface area contributed by atoms with E-state index in [9.17, 15) is 13.2 Å². The molecule has 2 nitrogen and oxygen atoms in total. The Morgan fingerprint density at radius 1 is 1.17 bits per heavy atom. The lowest BCUT2D eigenvalue weighted by molar-refractivity contribution is -0.127. The van der Waals surface area contributed by atoms with Crippen molar-refractivity contribution in [2.24, 2.45) is 0 Å². The maximum absolute atomic E-state index is 12.4. The first-order valence-corrected chi connectivity index (χ1v) is 5.71. The number of aromatic amines is 1. The molecule has 98 valence electrons. The fraction of sp³-hybridized carbons (Fsp3) is 0.462. The van der Waals surface area contributed by atoms with Gasteiger partial charge in [-0.25, -0.2) is 0 Å². The molecule has 1 aromatic carbocycles. The number of nitrogens with one attached hydrogen (secondary N) is 1. The zero-order valence-corrected chi connectivity index (χ0v) is 10.5. The van der Waals surface area contributed by atoms with E-state index in [1.165, 1.54) is 6.07 Å². The lowest BCUT2D eigenvalue weighted by Crippen LogP contribution is -2.13. The van der Waals surface area contributed by atoms with Gasteiger partial charge in [-0.15, -0.1) is 0 Å². The molecule has 0 fully saturated rings. The predicted molar refractivity (Wildman–Crippen MR) is 64.6 cm³/mol. The number of benzene rings is 1. The van der Waals surface area contributed by atoms with Gasteiger partial charge in [-0.3, -0.25) is 5.10 Å². The molecule has 0 saturated carbocycles. The molecule has 2 rings (SSSR count). The van der Waals surface area contributed by atoms with Gasteiger partial charge in [0.15, 0.2) is 0 Å². The fourth-order valence-electron chi connectivity index (χ4n) is 1.97. The zero-order valence-electron chi connectivity index (χ0n) is 10.5. The Morgan fingerprint density at radius 3 is 2.39 bits per heavy atom. The van der Waals surface area contributed by atoms with Gasteiger partial charge in [0.1, 0.15) is 0 Å².